The van der Waals surface area contributed by atoms with Gasteiger partial charge in [0.15, 0.2) is 11.2 Å². The third kappa shape index (κ3) is 3.89. The Labute approximate surface area is 318 Å². The van der Waals surface area contributed by atoms with Crippen LogP contribution < -0.4 is 4.90 Å². The molecule has 3 nitrogen and oxygen atoms in total. The maximum Gasteiger partial charge on any atom is 0.159 e. The van der Waals surface area contributed by atoms with Gasteiger partial charge in [-0.2, -0.15) is 0 Å². The van der Waals surface area contributed by atoms with Crippen LogP contribution >= 0.6 is 0 Å². The highest BCUT2D eigenvalue weighted by atomic mass is 16.3. The fourth-order valence-electron chi connectivity index (χ4n) is 10.2. The van der Waals surface area contributed by atoms with Gasteiger partial charge in [-0.3, -0.25) is 0 Å². The molecule has 8 aromatic carbocycles. The summed E-state index contributed by atoms with van der Waals surface area (Å²) in [6.07, 6.45) is 0. The van der Waals surface area contributed by atoms with E-state index in [4.69, 9.17) is 8.83 Å². The first-order valence-corrected chi connectivity index (χ1v) is 19.1. The van der Waals surface area contributed by atoms with Gasteiger partial charge in [0, 0.05) is 32.6 Å². The van der Waals surface area contributed by atoms with E-state index in [2.05, 4.69) is 183 Å². The Balaban J connectivity index is 1.21. The van der Waals surface area contributed by atoms with Gasteiger partial charge in [-0.15, -0.1) is 0 Å². The zero-order valence-electron chi connectivity index (χ0n) is 30.5. The SMILES string of the molecule is CC1(C)c2ccccc2C2(c3ccccc3-c3ccc(N(c4cccc5c4oc4ccccc45)c4cccc5c4oc4ccccc45)cc32)c2ccccc21. The standard InChI is InChI=1S/C52H35NO2/c1-51(2)40-21-7-9-23-42(40)52(43-24-10-8-22-41(43)51)39-20-6-3-15-33(39)34-30-29-32(31-44(34)52)53(45-25-13-18-37-35-16-4-11-27-47(35)54-49(37)45)46-26-14-19-38-36-17-5-12-28-48(36)55-50(38)46/h3-31H,1-2H3. The van der Waals surface area contributed by atoms with Crippen molar-refractivity contribution in [2.45, 2.75) is 24.7 Å². The van der Waals surface area contributed by atoms with Crippen molar-refractivity contribution in [2.24, 2.45) is 0 Å². The summed E-state index contributed by atoms with van der Waals surface area (Å²) in [6, 6.07) is 64.0. The third-order valence-electron chi connectivity index (χ3n) is 12.5. The van der Waals surface area contributed by atoms with Gasteiger partial charge in [0.25, 0.3) is 0 Å². The van der Waals surface area contributed by atoms with Crippen molar-refractivity contribution in [3.63, 3.8) is 0 Å². The van der Waals surface area contributed by atoms with Crippen molar-refractivity contribution >= 4 is 60.9 Å². The van der Waals surface area contributed by atoms with Crippen LogP contribution in [-0.4, -0.2) is 0 Å². The Morgan fingerprint density at radius 1 is 0.382 bits per heavy atom. The van der Waals surface area contributed by atoms with Gasteiger partial charge < -0.3 is 13.7 Å². The molecule has 0 aliphatic heterocycles. The molecule has 260 valence electrons. The van der Waals surface area contributed by atoms with Crippen molar-refractivity contribution in [2.75, 3.05) is 4.90 Å². The normalized spacial score (nSPS) is 14.7. The maximum atomic E-state index is 6.78. The second-order valence-corrected chi connectivity index (χ2v) is 15.6. The number of hydrogen-bond donors (Lipinski definition) is 0. The van der Waals surface area contributed by atoms with Crippen LogP contribution in [0.15, 0.2) is 185 Å². The van der Waals surface area contributed by atoms with E-state index in [1.54, 1.807) is 0 Å². The van der Waals surface area contributed by atoms with E-state index in [-0.39, 0.29) is 5.41 Å². The number of benzene rings is 8. The van der Waals surface area contributed by atoms with Crippen LogP contribution in [0.1, 0.15) is 47.2 Å². The van der Waals surface area contributed by atoms with E-state index in [1.807, 2.05) is 12.1 Å². The number of hydrogen-bond acceptors (Lipinski definition) is 3. The minimum atomic E-state index is -0.521. The van der Waals surface area contributed by atoms with Gasteiger partial charge in [-0.05, 0) is 80.9 Å². The minimum Gasteiger partial charge on any atom is -0.454 e. The predicted molar refractivity (Wildman–Crippen MR) is 225 cm³/mol. The van der Waals surface area contributed by atoms with E-state index in [0.717, 1.165) is 60.9 Å². The summed E-state index contributed by atoms with van der Waals surface area (Å²) in [5.74, 6) is 0. The van der Waals surface area contributed by atoms with Crippen LogP contribution in [0.3, 0.4) is 0 Å². The fraction of sp³-hybridized carbons (Fsp3) is 0.0769. The van der Waals surface area contributed by atoms with Gasteiger partial charge in [0.1, 0.15) is 11.2 Å². The third-order valence-corrected chi connectivity index (χ3v) is 12.5. The highest BCUT2D eigenvalue weighted by Gasteiger charge is 2.53. The molecule has 0 amide bonds. The van der Waals surface area contributed by atoms with Gasteiger partial charge in [-0.1, -0.05) is 153 Å². The number of para-hydroxylation sites is 4. The summed E-state index contributed by atoms with van der Waals surface area (Å²) in [6.45, 7) is 4.75. The van der Waals surface area contributed by atoms with Gasteiger partial charge in [-0.25, -0.2) is 0 Å². The van der Waals surface area contributed by atoms with E-state index in [9.17, 15) is 0 Å². The lowest BCUT2D eigenvalue weighted by molar-refractivity contribution is 0.563. The molecule has 10 aromatic rings. The predicted octanol–water partition coefficient (Wildman–Crippen LogP) is 14.0. The summed E-state index contributed by atoms with van der Waals surface area (Å²) in [7, 11) is 0. The summed E-state index contributed by atoms with van der Waals surface area (Å²) < 4.78 is 13.6. The lowest BCUT2D eigenvalue weighted by Crippen LogP contribution is -2.40. The van der Waals surface area contributed by atoms with E-state index >= 15 is 0 Å². The molecule has 2 aliphatic rings. The molecular weight excluding hydrogens is 671 g/mol. The molecule has 0 saturated heterocycles. The second-order valence-electron chi connectivity index (χ2n) is 15.6. The number of furan rings is 2. The zero-order chi connectivity index (χ0) is 36.5. The van der Waals surface area contributed by atoms with Crippen molar-refractivity contribution in [1.29, 1.82) is 0 Å². The van der Waals surface area contributed by atoms with E-state index in [0.29, 0.717) is 0 Å². The van der Waals surface area contributed by atoms with Gasteiger partial charge >= 0.3 is 0 Å². The number of rotatable bonds is 3. The molecule has 3 heteroatoms. The first-order chi connectivity index (χ1) is 27.0. The van der Waals surface area contributed by atoms with Crippen molar-refractivity contribution in [1.82, 2.24) is 0 Å². The molecule has 2 aromatic heterocycles. The van der Waals surface area contributed by atoms with Crippen LogP contribution in [0.2, 0.25) is 0 Å². The van der Waals surface area contributed by atoms with Crippen LogP contribution in [-0.2, 0) is 10.8 Å². The molecule has 0 bridgehead atoms. The first-order valence-electron chi connectivity index (χ1n) is 19.1. The maximum absolute atomic E-state index is 6.78. The minimum absolute atomic E-state index is 0.173. The molecule has 0 saturated carbocycles. The van der Waals surface area contributed by atoms with Crippen molar-refractivity contribution in [3.05, 3.63) is 209 Å². The average Bonchev–Trinajstić information content (AvgIpc) is 3.90. The molecule has 1 spiro atoms. The average molecular weight is 706 g/mol. The molecule has 0 unspecified atom stereocenters. The number of anilines is 3. The number of nitrogens with zero attached hydrogens (tertiary/aromatic N) is 1. The Kier molecular flexibility index (Phi) is 6.05. The molecule has 0 atom stereocenters. The summed E-state index contributed by atoms with van der Waals surface area (Å²) in [5.41, 5.74) is 16.2. The highest BCUT2D eigenvalue weighted by molar-refractivity contribution is 6.14. The molecule has 12 rings (SSSR count). The van der Waals surface area contributed by atoms with Crippen molar-refractivity contribution < 1.29 is 8.83 Å². The van der Waals surface area contributed by atoms with E-state index in [1.165, 1.54) is 44.5 Å². The Hall–Kier alpha value is -6.84. The first kappa shape index (κ1) is 30.6. The van der Waals surface area contributed by atoms with Crippen molar-refractivity contribution in [3.8, 4) is 11.1 Å². The summed E-state index contributed by atoms with van der Waals surface area (Å²) >= 11 is 0. The van der Waals surface area contributed by atoms with Gasteiger partial charge in [0.05, 0.1) is 16.8 Å². The Bertz CT molecular complexity index is 3050. The Morgan fingerprint density at radius 2 is 0.836 bits per heavy atom. The molecule has 0 radical (unpaired) electrons. The molecule has 55 heavy (non-hydrogen) atoms. The van der Waals surface area contributed by atoms with Crippen LogP contribution in [0.5, 0.6) is 0 Å². The van der Waals surface area contributed by atoms with Crippen LogP contribution in [0.25, 0.3) is 55.0 Å². The quantitative estimate of drug-likeness (QED) is 0.183. The van der Waals surface area contributed by atoms with Crippen LogP contribution in [0.4, 0.5) is 17.1 Å². The lowest BCUT2D eigenvalue weighted by atomic mass is 9.55. The second kappa shape index (κ2) is 10.9. The smallest absolute Gasteiger partial charge is 0.159 e. The molecular formula is C52H35NO2. The summed E-state index contributed by atoms with van der Waals surface area (Å²) in [5, 5.41) is 4.36. The van der Waals surface area contributed by atoms with E-state index < -0.39 is 5.41 Å². The molecule has 0 fully saturated rings. The fourth-order valence-corrected chi connectivity index (χ4v) is 10.2. The summed E-state index contributed by atoms with van der Waals surface area (Å²) in [4.78, 5) is 2.36. The molecule has 2 aliphatic carbocycles. The lowest BCUT2D eigenvalue weighted by Gasteiger charge is -2.46. The largest absolute Gasteiger partial charge is 0.454 e. The monoisotopic (exact) mass is 705 g/mol. The highest BCUT2D eigenvalue weighted by Crippen LogP contribution is 2.63. The Morgan fingerprint density at radius 3 is 1.42 bits per heavy atom. The number of fused-ring (bicyclic) bond motifs is 15. The van der Waals surface area contributed by atoms with Crippen LogP contribution in [0, 0.1) is 0 Å². The molecule has 0 N–H and O–H groups in total. The zero-order valence-corrected chi connectivity index (χ0v) is 30.5. The molecule has 2 heterocycles. The topological polar surface area (TPSA) is 29.5 Å². The van der Waals surface area contributed by atoms with Gasteiger partial charge in [0.2, 0.25) is 0 Å².